The molecule has 0 aliphatic heterocycles. The van der Waals surface area contributed by atoms with Crippen LogP contribution in [0.3, 0.4) is 0 Å². The minimum atomic E-state index is -0.533. The minimum absolute atomic E-state index is 0.224. The quantitative estimate of drug-likeness (QED) is 0.192. The van der Waals surface area contributed by atoms with E-state index >= 15 is 0 Å². The molecule has 8 heteroatoms. The third-order valence-corrected chi connectivity index (χ3v) is 2.60. The first-order chi connectivity index (χ1) is 8.99. The number of anilines is 1. The van der Waals surface area contributed by atoms with Crippen LogP contribution in [0.15, 0.2) is 22.6 Å². The first-order valence-corrected chi connectivity index (χ1v) is 5.82. The fourth-order valence-corrected chi connectivity index (χ4v) is 1.59. The topological polar surface area (TPSA) is 97.2 Å². The number of hydrogen-bond acceptors (Lipinski definition) is 6. The molecular weight excluding hydrogens is 266 g/mol. The van der Waals surface area contributed by atoms with E-state index in [-0.39, 0.29) is 6.61 Å². The Morgan fingerprint density at radius 3 is 2.79 bits per heavy atom. The van der Waals surface area contributed by atoms with Gasteiger partial charge < -0.3 is 4.74 Å². The zero-order chi connectivity index (χ0) is 14.4. The number of carbonyl (C=O) groups excluding carboxylic acids is 1. The third-order valence-electron chi connectivity index (χ3n) is 2.50. The average Bonchev–Trinajstić information content (AvgIpc) is 2.39. The molecular formula is C11H17N5O2S. The molecule has 19 heavy (non-hydrogen) atoms. The molecule has 0 radical (unpaired) electrons. The van der Waals surface area contributed by atoms with Crippen molar-refractivity contribution in [1.29, 1.82) is 0 Å². The smallest absolute Gasteiger partial charge is 0.352 e. The Labute approximate surface area is 117 Å². The Hall–Kier alpha value is -1.77. The lowest BCUT2D eigenvalue weighted by atomic mass is 10.1. The molecule has 0 saturated carbocycles. The first kappa shape index (κ1) is 15.3. The number of rotatable bonds is 4. The van der Waals surface area contributed by atoms with Crippen LogP contribution in [-0.2, 0) is 11.3 Å². The van der Waals surface area contributed by atoms with Gasteiger partial charge in [0.2, 0.25) is 0 Å². The van der Waals surface area contributed by atoms with E-state index in [1.807, 2.05) is 13.0 Å². The average molecular weight is 283 g/mol. The zero-order valence-electron chi connectivity index (χ0n) is 10.8. The van der Waals surface area contributed by atoms with Crippen LogP contribution in [-0.4, -0.2) is 24.5 Å². The van der Waals surface area contributed by atoms with Crippen LogP contribution in [0, 0.1) is 6.92 Å². The Kier molecular flexibility index (Phi) is 5.61. The molecule has 1 rings (SSSR count). The summed E-state index contributed by atoms with van der Waals surface area (Å²) < 4.78 is 8.60. The molecule has 0 bridgehead atoms. The van der Waals surface area contributed by atoms with Crippen molar-refractivity contribution in [3.63, 3.8) is 0 Å². The highest BCUT2D eigenvalue weighted by Crippen LogP contribution is 2.23. The predicted molar refractivity (Wildman–Crippen MR) is 77.5 cm³/mol. The van der Waals surface area contributed by atoms with Crippen LogP contribution in [0.2, 0.25) is 0 Å². The monoisotopic (exact) mass is 283 g/mol. The number of thiol groups is 1. The molecule has 0 spiro atoms. The summed E-state index contributed by atoms with van der Waals surface area (Å²) >= 11 is 3.65. The second-order valence-electron chi connectivity index (χ2n) is 3.87. The maximum Gasteiger partial charge on any atom is 0.352 e. The van der Waals surface area contributed by atoms with Crippen LogP contribution < -0.4 is 16.7 Å². The van der Waals surface area contributed by atoms with Crippen LogP contribution in [0.5, 0.6) is 0 Å². The summed E-state index contributed by atoms with van der Waals surface area (Å²) in [6.07, 6.45) is 1.21. The SMILES string of the molecule is Cc1cccc(N(N)C(=O)N(C)N)c1COC=NS. The van der Waals surface area contributed by atoms with Crippen molar-refractivity contribution >= 4 is 30.9 Å². The minimum Gasteiger partial charge on any atom is -0.478 e. The number of nitrogens with zero attached hydrogens (tertiary/aromatic N) is 3. The van der Waals surface area contributed by atoms with Crippen molar-refractivity contribution < 1.29 is 9.53 Å². The Morgan fingerprint density at radius 1 is 1.53 bits per heavy atom. The van der Waals surface area contributed by atoms with Gasteiger partial charge in [0.1, 0.15) is 6.61 Å². The van der Waals surface area contributed by atoms with E-state index in [9.17, 15) is 4.79 Å². The molecule has 0 fully saturated rings. The van der Waals surface area contributed by atoms with E-state index in [1.54, 1.807) is 12.1 Å². The van der Waals surface area contributed by atoms with Crippen molar-refractivity contribution in [3.8, 4) is 0 Å². The van der Waals surface area contributed by atoms with Gasteiger partial charge in [0.25, 0.3) is 0 Å². The fourth-order valence-electron chi connectivity index (χ4n) is 1.53. The molecule has 0 aromatic heterocycles. The van der Waals surface area contributed by atoms with Gasteiger partial charge in [-0.15, -0.1) is 0 Å². The Morgan fingerprint density at radius 2 is 2.21 bits per heavy atom. The van der Waals surface area contributed by atoms with Gasteiger partial charge in [0.05, 0.1) is 5.69 Å². The summed E-state index contributed by atoms with van der Waals surface area (Å²) in [4.78, 5) is 11.8. The summed E-state index contributed by atoms with van der Waals surface area (Å²) in [7, 11) is 1.42. The molecule has 0 atom stereocenters. The Balaban J connectivity index is 3.05. The third kappa shape index (κ3) is 3.85. The van der Waals surface area contributed by atoms with Crippen molar-refractivity contribution in [2.75, 3.05) is 12.1 Å². The maximum atomic E-state index is 11.8. The summed E-state index contributed by atoms with van der Waals surface area (Å²) in [6.45, 7) is 2.12. The van der Waals surface area contributed by atoms with Crippen LogP contribution in [0.1, 0.15) is 11.1 Å². The van der Waals surface area contributed by atoms with Gasteiger partial charge in [0, 0.05) is 12.6 Å². The fraction of sp³-hybridized carbons (Fsp3) is 0.273. The van der Waals surface area contributed by atoms with Gasteiger partial charge in [0.15, 0.2) is 6.40 Å². The van der Waals surface area contributed by atoms with Gasteiger partial charge in [-0.3, -0.25) is 5.01 Å². The zero-order valence-corrected chi connectivity index (χ0v) is 11.7. The number of aryl methyl sites for hydroxylation is 1. The van der Waals surface area contributed by atoms with E-state index in [2.05, 4.69) is 17.2 Å². The van der Waals surface area contributed by atoms with Crippen LogP contribution in [0.4, 0.5) is 10.5 Å². The Bertz CT molecular complexity index is 478. The summed E-state index contributed by atoms with van der Waals surface area (Å²) in [5.41, 5.74) is 2.23. The molecule has 104 valence electrons. The van der Waals surface area contributed by atoms with Gasteiger partial charge in [-0.05, 0) is 31.4 Å². The molecule has 0 aliphatic rings. The highest BCUT2D eigenvalue weighted by Gasteiger charge is 2.18. The predicted octanol–water partition coefficient (Wildman–Crippen LogP) is 0.990. The molecule has 7 nitrogen and oxygen atoms in total. The van der Waals surface area contributed by atoms with E-state index in [0.29, 0.717) is 5.69 Å². The van der Waals surface area contributed by atoms with Crippen LogP contribution in [0.25, 0.3) is 0 Å². The lowest BCUT2D eigenvalue weighted by Gasteiger charge is -2.23. The van der Waals surface area contributed by atoms with E-state index in [4.69, 9.17) is 16.4 Å². The number of amides is 2. The van der Waals surface area contributed by atoms with Crippen molar-refractivity contribution in [2.24, 2.45) is 16.1 Å². The number of urea groups is 1. The van der Waals surface area contributed by atoms with Gasteiger partial charge in [-0.2, -0.15) is 4.40 Å². The summed E-state index contributed by atoms with van der Waals surface area (Å²) in [6, 6.07) is 4.87. The number of hydrazine groups is 2. The summed E-state index contributed by atoms with van der Waals surface area (Å²) in [5.74, 6) is 11.2. The molecule has 1 aromatic carbocycles. The molecule has 1 aromatic rings. The van der Waals surface area contributed by atoms with Gasteiger partial charge in [-0.1, -0.05) is 12.1 Å². The van der Waals surface area contributed by atoms with Crippen molar-refractivity contribution in [1.82, 2.24) is 5.01 Å². The summed E-state index contributed by atoms with van der Waals surface area (Å²) in [5, 5.41) is 1.88. The highest BCUT2D eigenvalue weighted by atomic mass is 32.1. The number of benzene rings is 1. The molecule has 2 amide bonds. The standard InChI is InChI=1S/C11H17N5O2S/c1-8-4-3-5-10(9(8)6-18-7-14-19)16(13)11(17)15(2)12/h3-5,7,19H,6,12-13H2,1-2H3. The van der Waals surface area contributed by atoms with E-state index in [1.165, 1.54) is 13.4 Å². The van der Waals surface area contributed by atoms with Gasteiger partial charge >= 0.3 is 6.03 Å². The molecule has 0 heterocycles. The number of hydrogen-bond donors (Lipinski definition) is 3. The molecule has 0 unspecified atom stereocenters. The molecule has 4 N–H and O–H groups in total. The van der Waals surface area contributed by atoms with E-state index in [0.717, 1.165) is 21.1 Å². The largest absolute Gasteiger partial charge is 0.478 e. The normalized spacial score (nSPS) is 10.6. The molecule has 0 saturated heterocycles. The number of ether oxygens (including phenoxy) is 1. The first-order valence-electron chi connectivity index (χ1n) is 5.42. The molecule has 0 aliphatic carbocycles. The second-order valence-corrected chi connectivity index (χ2v) is 4.10. The lowest BCUT2D eigenvalue weighted by Crippen LogP contribution is -2.49. The lowest BCUT2D eigenvalue weighted by molar-refractivity contribution is 0.216. The highest BCUT2D eigenvalue weighted by molar-refractivity contribution is 7.78. The van der Waals surface area contributed by atoms with Gasteiger partial charge in [-0.25, -0.2) is 21.5 Å². The number of carbonyl (C=O) groups is 1. The maximum absolute atomic E-state index is 11.8. The van der Waals surface area contributed by atoms with Crippen molar-refractivity contribution in [2.45, 2.75) is 13.5 Å². The second kappa shape index (κ2) is 6.98. The van der Waals surface area contributed by atoms with Crippen LogP contribution >= 0.6 is 12.8 Å². The van der Waals surface area contributed by atoms with Crippen molar-refractivity contribution in [3.05, 3.63) is 29.3 Å². The number of nitrogens with two attached hydrogens (primary N) is 2. The van der Waals surface area contributed by atoms with E-state index < -0.39 is 6.03 Å².